The summed E-state index contributed by atoms with van der Waals surface area (Å²) in [6.45, 7) is 0. The van der Waals surface area contributed by atoms with Gasteiger partial charge in [0.25, 0.3) is 0 Å². The Bertz CT molecular complexity index is 1520. The first-order valence-corrected chi connectivity index (χ1v) is 12.3. The molecule has 1 fully saturated rings. The first-order valence-electron chi connectivity index (χ1n) is 11.9. The first-order chi connectivity index (χ1) is 18.2. The highest BCUT2D eigenvalue weighted by Gasteiger charge is 2.42. The monoisotopic (exact) mass is 506 g/mol. The van der Waals surface area contributed by atoms with Crippen molar-refractivity contribution in [2.24, 2.45) is 0 Å². The molecular weight excluding hydrogens is 483 g/mol. The minimum absolute atomic E-state index is 0.212. The smallest absolute Gasteiger partial charge is 0.174 e. The second-order valence-electron chi connectivity index (χ2n) is 8.69. The Morgan fingerprint density at radius 1 is 0.784 bits per heavy atom. The van der Waals surface area contributed by atoms with Gasteiger partial charge in [-0.05, 0) is 91.1 Å². The Balaban J connectivity index is 1.41. The van der Waals surface area contributed by atoms with Crippen LogP contribution >= 0.6 is 12.2 Å². The van der Waals surface area contributed by atoms with Crippen LogP contribution in [0.15, 0.2) is 122 Å². The van der Waals surface area contributed by atoms with Crippen LogP contribution in [0.25, 0.3) is 5.69 Å². The second kappa shape index (κ2) is 9.87. The molecule has 0 bridgehead atoms. The van der Waals surface area contributed by atoms with E-state index in [2.05, 4.69) is 15.2 Å². The minimum Gasteiger partial charge on any atom is -0.457 e. The maximum absolute atomic E-state index is 14.1. The molecule has 7 heteroatoms. The molecule has 6 rings (SSSR count). The molecule has 3 aromatic carbocycles. The number of nitrogens with one attached hydrogen (secondary N) is 1. The molecule has 0 amide bonds. The fraction of sp³-hybridized carbons (Fsp3) is 0.0667. The normalized spacial score (nSPS) is 17.0. The molecule has 1 aliphatic heterocycles. The van der Waals surface area contributed by atoms with Gasteiger partial charge < -0.3 is 19.5 Å². The molecule has 1 aliphatic rings. The van der Waals surface area contributed by atoms with E-state index in [9.17, 15) is 4.39 Å². The van der Waals surface area contributed by atoms with Crippen LogP contribution in [-0.4, -0.2) is 14.7 Å². The number of halogens is 1. The summed E-state index contributed by atoms with van der Waals surface area (Å²) in [5.41, 5.74) is 3.48. The molecule has 0 radical (unpaired) electrons. The molecular formula is C30H23FN4OS. The number of nitrogens with zero attached hydrogens (tertiary/aromatic N) is 3. The van der Waals surface area contributed by atoms with E-state index in [1.54, 1.807) is 12.3 Å². The third-order valence-corrected chi connectivity index (χ3v) is 6.68. The molecule has 2 aromatic heterocycles. The van der Waals surface area contributed by atoms with Crippen molar-refractivity contribution in [3.63, 3.8) is 0 Å². The largest absolute Gasteiger partial charge is 0.457 e. The van der Waals surface area contributed by atoms with Crippen molar-refractivity contribution in [1.82, 2.24) is 14.9 Å². The van der Waals surface area contributed by atoms with Gasteiger partial charge in [-0.1, -0.05) is 30.3 Å². The van der Waals surface area contributed by atoms with E-state index < -0.39 is 0 Å². The number of pyridine rings is 1. The number of anilines is 1. The van der Waals surface area contributed by atoms with E-state index in [0.717, 1.165) is 34.3 Å². The summed E-state index contributed by atoms with van der Waals surface area (Å²) < 4.78 is 22.1. The zero-order valence-electron chi connectivity index (χ0n) is 19.7. The number of hydrogen-bond acceptors (Lipinski definition) is 3. The van der Waals surface area contributed by atoms with Crippen molar-refractivity contribution in [3.05, 3.63) is 139 Å². The lowest BCUT2D eigenvalue weighted by Gasteiger charge is -2.29. The lowest BCUT2D eigenvalue weighted by atomic mass is 10.0. The summed E-state index contributed by atoms with van der Waals surface area (Å²) in [5, 5.41) is 4.07. The van der Waals surface area contributed by atoms with Crippen molar-refractivity contribution >= 4 is 23.0 Å². The molecule has 0 saturated carbocycles. The number of hydrogen-bond donors (Lipinski definition) is 1. The van der Waals surface area contributed by atoms with E-state index in [-0.39, 0.29) is 17.9 Å². The Morgan fingerprint density at radius 3 is 2.32 bits per heavy atom. The van der Waals surface area contributed by atoms with E-state index in [1.807, 2.05) is 102 Å². The molecule has 5 aromatic rings. The van der Waals surface area contributed by atoms with Crippen molar-refractivity contribution in [3.8, 4) is 17.2 Å². The maximum atomic E-state index is 14.1. The molecule has 3 heterocycles. The molecule has 1 N–H and O–H groups in total. The van der Waals surface area contributed by atoms with Crippen molar-refractivity contribution in [2.45, 2.75) is 12.1 Å². The Kier molecular flexibility index (Phi) is 6.12. The summed E-state index contributed by atoms with van der Waals surface area (Å²) in [4.78, 5) is 6.71. The third kappa shape index (κ3) is 4.57. The number of ether oxygens (including phenoxy) is 1. The highest BCUT2D eigenvalue weighted by atomic mass is 32.1. The first kappa shape index (κ1) is 22.9. The van der Waals surface area contributed by atoms with Gasteiger partial charge in [-0.2, -0.15) is 0 Å². The van der Waals surface area contributed by atoms with Crippen molar-refractivity contribution < 1.29 is 9.13 Å². The van der Waals surface area contributed by atoms with Crippen LogP contribution in [0.4, 0.5) is 10.1 Å². The summed E-state index contributed by atoms with van der Waals surface area (Å²) in [6.07, 6.45) is 3.72. The van der Waals surface area contributed by atoms with Gasteiger partial charge in [0.15, 0.2) is 5.11 Å². The topological polar surface area (TPSA) is 42.3 Å². The average Bonchev–Trinajstić information content (AvgIpc) is 3.55. The molecule has 0 unspecified atom stereocenters. The van der Waals surface area contributed by atoms with E-state index >= 15 is 0 Å². The van der Waals surface area contributed by atoms with Gasteiger partial charge in [0.1, 0.15) is 23.4 Å². The summed E-state index contributed by atoms with van der Waals surface area (Å²) in [7, 11) is 0. The number of aromatic nitrogens is 2. The SMILES string of the molecule is Fc1cccc(-n2cccc2[C@H]2[C@@H](c3ccccn3)NC(=S)N2c2ccc(Oc3ccccc3)cc2)c1. The molecule has 5 nitrogen and oxygen atoms in total. The fourth-order valence-corrected chi connectivity index (χ4v) is 5.08. The Morgan fingerprint density at radius 2 is 1.57 bits per heavy atom. The van der Waals surface area contributed by atoms with Crippen LogP contribution in [0.5, 0.6) is 11.5 Å². The van der Waals surface area contributed by atoms with Crippen LogP contribution in [0.3, 0.4) is 0 Å². The highest BCUT2D eigenvalue weighted by Crippen LogP contribution is 2.42. The van der Waals surface area contributed by atoms with E-state index in [4.69, 9.17) is 17.0 Å². The minimum atomic E-state index is -0.288. The van der Waals surface area contributed by atoms with Crippen LogP contribution in [0, 0.1) is 5.82 Å². The van der Waals surface area contributed by atoms with E-state index in [0.29, 0.717) is 5.11 Å². The zero-order valence-corrected chi connectivity index (χ0v) is 20.6. The predicted octanol–water partition coefficient (Wildman–Crippen LogP) is 6.98. The van der Waals surface area contributed by atoms with Gasteiger partial charge in [-0.15, -0.1) is 0 Å². The van der Waals surface area contributed by atoms with Crippen LogP contribution in [0.1, 0.15) is 23.5 Å². The number of thiocarbonyl (C=S) groups is 1. The molecule has 182 valence electrons. The molecule has 37 heavy (non-hydrogen) atoms. The quantitative estimate of drug-likeness (QED) is 0.252. The highest BCUT2D eigenvalue weighted by molar-refractivity contribution is 7.80. The van der Waals surface area contributed by atoms with Crippen molar-refractivity contribution in [2.75, 3.05) is 4.90 Å². The molecule has 2 atom stereocenters. The number of para-hydroxylation sites is 1. The molecule has 0 spiro atoms. The average molecular weight is 507 g/mol. The standard InChI is InChI=1S/C30H23FN4OS/c31-21-8-6-9-23(20-21)34-19-7-13-27(34)29-28(26-12-4-5-18-32-26)33-30(37)35(29)22-14-16-25(17-15-22)36-24-10-2-1-3-11-24/h1-20,28-29H,(H,33,37)/t28-,29+/m1/s1. The number of benzene rings is 3. The summed E-state index contributed by atoms with van der Waals surface area (Å²) in [5.74, 6) is 1.22. The van der Waals surface area contributed by atoms with Crippen molar-refractivity contribution in [1.29, 1.82) is 0 Å². The van der Waals surface area contributed by atoms with Gasteiger partial charge >= 0.3 is 0 Å². The molecule has 1 saturated heterocycles. The molecule has 0 aliphatic carbocycles. The number of rotatable bonds is 6. The van der Waals surface area contributed by atoms with Gasteiger partial charge in [0.2, 0.25) is 0 Å². The Labute approximate surface area is 219 Å². The lowest BCUT2D eigenvalue weighted by Crippen LogP contribution is -2.30. The van der Waals surface area contributed by atoms with E-state index in [1.165, 1.54) is 12.1 Å². The lowest BCUT2D eigenvalue weighted by molar-refractivity contribution is 0.482. The predicted molar refractivity (Wildman–Crippen MR) is 147 cm³/mol. The third-order valence-electron chi connectivity index (χ3n) is 6.36. The van der Waals surface area contributed by atoms with Gasteiger partial charge in [-0.3, -0.25) is 4.98 Å². The van der Waals surface area contributed by atoms with Gasteiger partial charge in [0.05, 0.1) is 11.7 Å². The summed E-state index contributed by atoms with van der Waals surface area (Å²) in [6, 6.07) is 33.5. The Hall–Kier alpha value is -4.49. The van der Waals surface area contributed by atoms with Gasteiger partial charge in [0, 0.05) is 29.5 Å². The zero-order chi connectivity index (χ0) is 25.2. The van der Waals surface area contributed by atoms with Crippen LogP contribution in [0.2, 0.25) is 0 Å². The van der Waals surface area contributed by atoms with Crippen LogP contribution in [-0.2, 0) is 0 Å². The maximum Gasteiger partial charge on any atom is 0.174 e. The fourth-order valence-electron chi connectivity index (χ4n) is 4.73. The second-order valence-corrected chi connectivity index (χ2v) is 9.08. The van der Waals surface area contributed by atoms with Crippen LogP contribution < -0.4 is 15.0 Å². The van der Waals surface area contributed by atoms with Gasteiger partial charge in [-0.25, -0.2) is 4.39 Å². The summed E-state index contributed by atoms with van der Waals surface area (Å²) >= 11 is 5.86.